The van der Waals surface area contributed by atoms with Crippen molar-refractivity contribution in [3.63, 3.8) is 0 Å². The van der Waals surface area contributed by atoms with Gasteiger partial charge in [0, 0.05) is 0 Å². The van der Waals surface area contributed by atoms with Gasteiger partial charge in [-0.1, -0.05) is 45.8 Å². The summed E-state index contributed by atoms with van der Waals surface area (Å²) >= 11 is 3.23. The van der Waals surface area contributed by atoms with Crippen LogP contribution in [0.4, 0.5) is 0 Å². The highest BCUT2D eigenvalue weighted by molar-refractivity contribution is 9.11. The van der Waals surface area contributed by atoms with Crippen LogP contribution in [0.15, 0.2) is 29.3 Å². The van der Waals surface area contributed by atoms with E-state index in [4.69, 9.17) is 0 Å². The molecular weight excluding hydrogens is 188 g/mol. The van der Waals surface area contributed by atoms with Gasteiger partial charge in [0.2, 0.25) is 0 Å². The van der Waals surface area contributed by atoms with E-state index in [9.17, 15) is 0 Å². The zero-order valence-corrected chi connectivity index (χ0v) is 7.43. The predicted molar refractivity (Wildman–Crippen MR) is 49.1 cm³/mol. The Balaban J connectivity index is 2.95. The molecule has 1 aromatic carbocycles. The van der Waals surface area contributed by atoms with E-state index in [1.165, 1.54) is 11.1 Å². The summed E-state index contributed by atoms with van der Waals surface area (Å²) in [4.78, 5) is 1.86. The quantitative estimate of drug-likeness (QED) is 0.647. The highest BCUT2D eigenvalue weighted by Crippen LogP contribution is 2.06. The van der Waals surface area contributed by atoms with Crippen LogP contribution in [-0.4, -0.2) is 0 Å². The molecule has 1 rings (SSSR count). The second-order valence-corrected chi connectivity index (χ2v) is 2.74. The lowest BCUT2D eigenvalue weighted by Crippen LogP contribution is -1.72. The van der Waals surface area contributed by atoms with Crippen LogP contribution in [0.3, 0.4) is 0 Å². The van der Waals surface area contributed by atoms with Crippen LogP contribution in [0.5, 0.6) is 0 Å². The molecule has 0 unspecified atom stereocenters. The van der Waals surface area contributed by atoms with Crippen molar-refractivity contribution in [3.05, 3.63) is 40.4 Å². The Bertz CT molecular complexity index is 238. The predicted octanol–water partition coefficient (Wildman–Crippen LogP) is 3.36. The Morgan fingerprint density at radius 3 is 2.80 bits per heavy atom. The molecule has 0 saturated carbocycles. The van der Waals surface area contributed by atoms with Gasteiger partial charge in [0.05, 0.1) is 0 Å². The minimum Gasteiger partial charge on any atom is -0.0614 e. The monoisotopic (exact) mass is 196 g/mol. The average Bonchev–Trinajstić information content (AvgIpc) is 1.88. The van der Waals surface area contributed by atoms with Crippen molar-refractivity contribution in [1.82, 2.24) is 0 Å². The van der Waals surface area contributed by atoms with Crippen LogP contribution in [0, 0.1) is 6.92 Å². The maximum absolute atomic E-state index is 3.23. The lowest BCUT2D eigenvalue weighted by Gasteiger charge is -1.92. The first kappa shape index (κ1) is 7.55. The molecule has 10 heavy (non-hydrogen) atoms. The van der Waals surface area contributed by atoms with Crippen LogP contribution in [0.2, 0.25) is 0 Å². The van der Waals surface area contributed by atoms with Crippen molar-refractivity contribution in [2.24, 2.45) is 0 Å². The third-order valence-electron chi connectivity index (χ3n) is 1.30. The van der Waals surface area contributed by atoms with E-state index in [-0.39, 0.29) is 0 Å². The summed E-state index contributed by atoms with van der Waals surface area (Å²) in [6.45, 7) is 2.09. The molecule has 0 fully saturated rings. The Labute approximate surface area is 69.7 Å². The molecule has 0 nitrogen and oxygen atoms in total. The molecular formula is C9H9Br. The van der Waals surface area contributed by atoms with E-state index in [2.05, 4.69) is 47.1 Å². The van der Waals surface area contributed by atoms with E-state index >= 15 is 0 Å². The summed E-state index contributed by atoms with van der Waals surface area (Å²) < 4.78 is 0. The van der Waals surface area contributed by atoms with E-state index < -0.39 is 0 Å². The van der Waals surface area contributed by atoms with Gasteiger partial charge in [-0.25, -0.2) is 0 Å². The van der Waals surface area contributed by atoms with E-state index in [1.54, 1.807) is 0 Å². The van der Waals surface area contributed by atoms with Gasteiger partial charge in [-0.05, 0) is 23.5 Å². The van der Waals surface area contributed by atoms with Crippen molar-refractivity contribution in [2.45, 2.75) is 6.92 Å². The van der Waals surface area contributed by atoms with Crippen molar-refractivity contribution >= 4 is 22.0 Å². The molecule has 0 heterocycles. The Morgan fingerprint density at radius 2 is 2.20 bits per heavy atom. The second kappa shape index (κ2) is 3.57. The van der Waals surface area contributed by atoms with Gasteiger partial charge >= 0.3 is 0 Å². The molecule has 0 aliphatic rings. The van der Waals surface area contributed by atoms with Gasteiger partial charge in [0.15, 0.2) is 0 Å². The topological polar surface area (TPSA) is 0 Å². The summed E-state index contributed by atoms with van der Waals surface area (Å²) in [6.07, 6.45) is 2.02. The molecule has 0 bridgehead atoms. The van der Waals surface area contributed by atoms with Gasteiger partial charge in [0.25, 0.3) is 0 Å². The molecule has 0 saturated heterocycles. The number of halogens is 1. The SMILES string of the molecule is Cc1cccc(/C=C/Br)c1. The summed E-state index contributed by atoms with van der Waals surface area (Å²) in [5.41, 5.74) is 2.53. The van der Waals surface area contributed by atoms with Crippen molar-refractivity contribution in [1.29, 1.82) is 0 Å². The first-order chi connectivity index (χ1) is 4.83. The molecule has 1 aromatic rings. The summed E-state index contributed by atoms with van der Waals surface area (Å²) in [7, 11) is 0. The first-order valence-electron chi connectivity index (χ1n) is 3.16. The Morgan fingerprint density at radius 1 is 1.40 bits per heavy atom. The maximum Gasteiger partial charge on any atom is -0.0183 e. The maximum atomic E-state index is 3.23. The highest BCUT2D eigenvalue weighted by atomic mass is 79.9. The molecule has 52 valence electrons. The van der Waals surface area contributed by atoms with Gasteiger partial charge in [0.1, 0.15) is 0 Å². The first-order valence-corrected chi connectivity index (χ1v) is 4.08. The highest BCUT2D eigenvalue weighted by Gasteiger charge is 1.84. The Hall–Kier alpha value is -0.560. The van der Waals surface area contributed by atoms with E-state index in [0.29, 0.717) is 0 Å². The minimum atomic E-state index is 1.23. The third-order valence-corrected chi connectivity index (χ3v) is 1.56. The third kappa shape index (κ3) is 1.99. The minimum absolute atomic E-state index is 1.23. The zero-order valence-electron chi connectivity index (χ0n) is 5.84. The normalized spacial score (nSPS) is 10.6. The van der Waals surface area contributed by atoms with Crippen LogP contribution in [-0.2, 0) is 0 Å². The fourth-order valence-electron chi connectivity index (χ4n) is 0.847. The van der Waals surface area contributed by atoms with Gasteiger partial charge < -0.3 is 0 Å². The van der Waals surface area contributed by atoms with Crippen LogP contribution >= 0.6 is 15.9 Å². The van der Waals surface area contributed by atoms with Gasteiger partial charge in [-0.15, -0.1) is 0 Å². The average molecular weight is 197 g/mol. The molecule has 0 aromatic heterocycles. The Kier molecular flexibility index (Phi) is 2.69. The van der Waals surface area contributed by atoms with Gasteiger partial charge in [-0.3, -0.25) is 0 Å². The standard InChI is InChI=1S/C9H9Br/c1-8-3-2-4-9(7-8)5-6-10/h2-7H,1H3/b6-5+. The van der Waals surface area contributed by atoms with Crippen LogP contribution < -0.4 is 0 Å². The number of benzene rings is 1. The molecule has 1 heteroatoms. The largest absolute Gasteiger partial charge is 0.0614 e. The molecule has 0 spiro atoms. The smallest absolute Gasteiger partial charge is 0.0183 e. The molecule has 0 atom stereocenters. The molecule has 0 amide bonds. The fourth-order valence-corrected chi connectivity index (χ4v) is 1.15. The van der Waals surface area contributed by atoms with E-state index in [1.807, 2.05) is 11.1 Å². The number of hydrogen-bond acceptors (Lipinski definition) is 0. The van der Waals surface area contributed by atoms with Crippen molar-refractivity contribution in [3.8, 4) is 0 Å². The number of rotatable bonds is 1. The van der Waals surface area contributed by atoms with Crippen molar-refractivity contribution < 1.29 is 0 Å². The lowest BCUT2D eigenvalue weighted by atomic mass is 10.1. The summed E-state index contributed by atoms with van der Waals surface area (Å²) in [5.74, 6) is 0. The molecule has 0 N–H and O–H groups in total. The van der Waals surface area contributed by atoms with Gasteiger partial charge in [-0.2, -0.15) is 0 Å². The van der Waals surface area contributed by atoms with E-state index in [0.717, 1.165) is 0 Å². The fraction of sp³-hybridized carbons (Fsp3) is 0.111. The van der Waals surface area contributed by atoms with Crippen molar-refractivity contribution in [2.75, 3.05) is 0 Å². The second-order valence-electron chi connectivity index (χ2n) is 2.21. The summed E-state index contributed by atoms with van der Waals surface area (Å²) in [6, 6.07) is 8.35. The number of aryl methyl sites for hydroxylation is 1. The molecule has 0 aliphatic carbocycles. The zero-order chi connectivity index (χ0) is 7.40. The van der Waals surface area contributed by atoms with Crippen LogP contribution in [0.25, 0.3) is 6.08 Å². The molecule has 0 aliphatic heterocycles. The summed E-state index contributed by atoms with van der Waals surface area (Å²) in [5, 5.41) is 0. The van der Waals surface area contributed by atoms with Crippen LogP contribution in [0.1, 0.15) is 11.1 Å². The number of hydrogen-bond donors (Lipinski definition) is 0. The molecule has 0 radical (unpaired) electrons. The lowest BCUT2D eigenvalue weighted by molar-refractivity contribution is 1.46.